The van der Waals surface area contributed by atoms with Gasteiger partial charge in [0.05, 0.1) is 18.1 Å². The molecule has 1 N–H and O–H groups in total. The highest BCUT2D eigenvalue weighted by molar-refractivity contribution is 9.11. The summed E-state index contributed by atoms with van der Waals surface area (Å²) in [6, 6.07) is 7.88. The maximum absolute atomic E-state index is 11.9. The Kier molecular flexibility index (Phi) is 4.33. The van der Waals surface area contributed by atoms with E-state index in [1.165, 1.54) is 23.5 Å². The van der Waals surface area contributed by atoms with Gasteiger partial charge in [-0.2, -0.15) is 0 Å². The minimum Gasteiger partial charge on any atom is -0.321 e. The molecule has 19 heavy (non-hydrogen) atoms. The van der Waals surface area contributed by atoms with Gasteiger partial charge in [0.2, 0.25) is 0 Å². The number of anilines is 1. The maximum Gasteiger partial charge on any atom is 0.285 e. The topological polar surface area (TPSA) is 72.2 Å². The smallest absolute Gasteiger partial charge is 0.285 e. The van der Waals surface area contributed by atoms with Gasteiger partial charge in [-0.05, 0) is 56.1 Å². The third kappa shape index (κ3) is 3.40. The van der Waals surface area contributed by atoms with E-state index in [-0.39, 0.29) is 11.6 Å². The number of amides is 1. The van der Waals surface area contributed by atoms with Crippen LogP contribution in [0.2, 0.25) is 0 Å². The van der Waals surface area contributed by atoms with Crippen LogP contribution in [-0.2, 0) is 0 Å². The third-order valence-electron chi connectivity index (χ3n) is 2.20. The zero-order valence-electron chi connectivity index (χ0n) is 9.22. The molecule has 0 aliphatic rings. The number of nitro benzene ring substituents is 1. The van der Waals surface area contributed by atoms with Crippen molar-refractivity contribution in [1.29, 1.82) is 0 Å². The first-order valence-electron chi connectivity index (χ1n) is 4.98. The van der Waals surface area contributed by atoms with E-state index in [4.69, 9.17) is 0 Å². The molecule has 0 atom stereocenters. The van der Waals surface area contributed by atoms with Crippen molar-refractivity contribution in [1.82, 2.24) is 0 Å². The molecular weight excluding hydrogens is 400 g/mol. The van der Waals surface area contributed by atoms with E-state index in [0.29, 0.717) is 15.0 Å². The number of thiophene rings is 1. The van der Waals surface area contributed by atoms with Crippen LogP contribution in [0.5, 0.6) is 0 Å². The lowest BCUT2D eigenvalue weighted by Crippen LogP contribution is -2.10. The summed E-state index contributed by atoms with van der Waals surface area (Å²) in [4.78, 5) is 22.7. The highest BCUT2D eigenvalue weighted by Crippen LogP contribution is 2.28. The fraction of sp³-hybridized carbons (Fsp3) is 0. The summed E-state index contributed by atoms with van der Waals surface area (Å²) < 4.78 is 1.22. The Labute approximate surface area is 129 Å². The molecule has 5 nitrogen and oxygen atoms in total. The Morgan fingerprint density at radius 1 is 1.26 bits per heavy atom. The molecule has 1 heterocycles. The second-order valence-electron chi connectivity index (χ2n) is 3.48. The van der Waals surface area contributed by atoms with Crippen LogP contribution in [0.4, 0.5) is 11.4 Å². The molecule has 2 aromatic rings. The zero-order valence-corrected chi connectivity index (χ0v) is 13.2. The second-order valence-corrected chi connectivity index (χ2v) is 6.80. The number of hydrogen-bond acceptors (Lipinski definition) is 4. The molecule has 0 saturated carbocycles. The second kappa shape index (κ2) is 5.81. The van der Waals surface area contributed by atoms with E-state index in [1.807, 2.05) is 0 Å². The van der Waals surface area contributed by atoms with Gasteiger partial charge in [0.25, 0.3) is 11.6 Å². The number of benzene rings is 1. The normalized spacial score (nSPS) is 10.2. The number of nitrogens with zero attached hydrogens (tertiary/aromatic N) is 1. The molecule has 8 heteroatoms. The van der Waals surface area contributed by atoms with Crippen LogP contribution >= 0.6 is 43.2 Å². The third-order valence-corrected chi connectivity index (χ3v) is 4.49. The highest BCUT2D eigenvalue weighted by Gasteiger charge is 2.14. The van der Waals surface area contributed by atoms with Gasteiger partial charge in [-0.25, -0.2) is 0 Å². The van der Waals surface area contributed by atoms with Crippen molar-refractivity contribution in [3.05, 3.63) is 53.6 Å². The van der Waals surface area contributed by atoms with E-state index >= 15 is 0 Å². The van der Waals surface area contributed by atoms with E-state index in [2.05, 4.69) is 37.2 Å². The molecule has 0 aliphatic carbocycles. The summed E-state index contributed by atoms with van der Waals surface area (Å²) in [7, 11) is 0. The van der Waals surface area contributed by atoms with Crippen molar-refractivity contribution < 1.29 is 9.72 Å². The molecule has 0 saturated heterocycles. The lowest BCUT2D eigenvalue weighted by Gasteiger charge is -2.04. The Hall–Kier alpha value is -1.25. The molecule has 0 aliphatic heterocycles. The highest BCUT2D eigenvalue weighted by atomic mass is 79.9. The van der Waals surface area contributed by atoms with Crippen LogP contribution in [0.3, 0.4) is 0 Å². The standard InChI is InChI=1S/C11H6Br2N2O3S/c12-7-2-1-6(5-8(7)15(17)18)14-11(16)9-3-4-10(13)19-9/h1-5H,(H,14,16). The molecule has 0 fully saturated rings. The van der Waals surface area contributed by atoms with Crippen molar-refractivity contribution in [3.8, 4) is 0 Å². The predicted molar refractivity (Wildman–Crippen MR) is 80.8 cm³/mol. The first-order valence-corrected chi connectivity index (χ1v) is 7.38. The van der Waals surface area contributed by atoms with Gasteiger partial charge in [-0.3, -0.25) is 14.9 Å². The molecule has 0 spiro atoms. The fourth-order valence-corrected chi connectivity index (χ4v) is 3.03. The van der Waals surface area contributed by atoms with E-state index < -0.39 is 4.92 Å². The van der Waals surface area contributed by atoms with Crippen LogP contribution in [0, 0.1) is 10.1 Å². The number of halogens is 2. The Bertz CT molecular complexity index is 657. The van der Waals surface area contributed by atoms with Crippen LogP contribution in [0.1, 0.15) is 9.67 Å². The van der Waals surface area contributed by atoms with Crippen molar-refractivity contribution in [2.75, 3.05) is 5.32 Å². The average Bonchev–Trinajstić information content (AvgIpc) is 2.78. The molecule has 0 unspecified atom stereocenters. The van der Waals surface area contributed by atoms with Gasteiger partial charge in [-0.1, -0.05) is 0 Å². The summed E-state index contributed by atoms with van der Waals surface area (Å²) >= 11 is 7.65. The average molecular weight is 406 g/mol. The number of rotatable bonds is 3. The number of hydrogen-bond donors (Lipinski definition) is 1. The minimum absolute atomic E-state index is 0.0924. The van der Waals surface area contributed by atoms with Crippen molar-refractivity contribution in [2.45, 2.75) is 0 Å². The number of nitrogens with one attached hydrogen (secondary N) is 1. The first kappa shape index (κ1) is 14.2. The molecule has 0 radical (unpaired) electrons. The Morgan fingerprint density at radius 3 is 2.58 bits per heavy atom. The van der Waals surface area contributed by atoms with Crippen LogP contribution in [-0.4, -0.2) is 10.8 Å². The van der Waals surface area contributed by atoms with E-state index in [0.717, 1.165) is 3.79 Å². The number of carbonyl (C=O) groups is 1. The molecule has 1 amide bonds. The molecule has 2 rings (SSSR count). The van der Waals surface area contributed by atoms with Crippen molar-refractivity contribution >= 4 is 60.5 Å². The van der Waals surface area contributed by atoms with Crippen LogP contribution in [0.25, 0.3) is 0 Å². The quantitative estimate of drug-likeness (QED) is 0.606. The summed E-state index contributed by atoms with van der Waals surface area (Å²) in [6.07, 6.45) is 0. The van der Waals surface area contributed by atoms with Gasteiger partial charge < -0.3 is 5.32 Å². The molecule has 0 bridgehead atoms. The van der Waals surface area contributed by atoms with Gasteiger partial charge in [0.15, 0.2) is 0 Å². The summed E-state index contributed by atoms with van der Waals surface area (Å²) in [5.74, 6) is -0.299. The predicted octanol–water partition coefficient (Wildman–Crippen LogP) is 4.43. The zero-order chi connectivity index (χ0) is 14.0. The van der Waals surface area contributed by atoms with E-state index in [9.17, 15) is 14.9 Å². The maximum atomic E-state index is 11.9. The molecule has 1 aromatic heterocycles. The van der Waals surface area contributed by atoms with E-state index in [1.54, 1.807) is 18.2 Å². The van der Waals surface area contributed by atoms with Crippen LogP contribution < -0.4 is 5.32 Å². The SMILES string of the molecule is O=C(Nc1ccc(Br)c([N+](=O)[O-])c1)c1ccc(Br)s1. The Morgan fingerprint density at radius 2 is 2.00 bits per heavy atom. The summed E-state index contributed by atoms with van der Waals surface area (Å²) in [5, 5.41) is 13.4. The summed E-state index contributed by atoms with van der Waals surface area (Å²) in [5.41, 5.74) is 0.287. The van der Waals surface area contributed by atoms with Crippen molar-refractivity contribution in [3.63, 3.8) is 0 Å². The number of carbonyl (C=O) groups excluding carboxylic acids is 1. The van der Waals surface area contributed by atoms with Crippen molar-refractivity contribution in [2.24, 2.45) is 0 Å². The molecule has 98 valence electrons. The largest absolute Gasteiger partial charge is 0.321 e. The lowest BCUT2D eigenvalue weighted by atomic mass is 10.2. The van der Waals surface area contributed by atoms with Gasteiger partial charge in [-0.15, -0.1) is 11.3 Å². The molecule has 1 aromatic carbocycles. The lowest BCUT2D eigenvalue weighted by molar-refractivity contribution is -0.385. The molecular formula is C11H6Br2N2O3S. The first-order chi connectivity index (χ1) is 8.97. The number of nitro groups is 1. The van der Waals surface area contributed by atoms with Gasteiger partial charge in [0.1, 0.15) is 0 Å². The minimum atomic E-state index is -0.512. The monoisotopic (exact) mass is 404 g/mol. The summed E-state index contributed by atoms with van der Waals surface area (Å²) in [6.45, 7) is 0. The Balaban J connectivity index is 2.22. The fourth-order valence-electron chi connectivity index (χ4n) is 1.36. The van der Waals surface area contributed by atoms with Crippen LogP contribution in [0.15, 0.2) is 38.6 Å². The van der Waals surface area contributed by atoms with Gasteiger partial charge in [0, 0.05) is 11.8 Å². The van der Waals surface area contributed by atoms with Gasteiger partial charge >= 0.3 is 0 Å².